The van der Waals surface area contributed by atoms with Gasteiger partial charge in [0.1, 0.15) is 24.1 Å². The second-order valence-electron chi connectivity index (χ2n) is 3.91. The molecule has 0 radical (unpaired) electrons. The number of aromatic nitrogens is 1. The minimum absolute atomic E-state index is 0.353. The van der Waals surface area contributed by atoms with Gasteiger partial charge in [0.2, 0.25) is 0 Å². The zero-order valence-corrected chi connectivity index (χ0v) is 10.9. The summed E-state index contributed by atoms with van der Waals surface area (Å²) >= 11 is 5.90. The molecule has 0 aliphatic carbocycles. The van der Waals surface area contributed by atoms with Gasteiger partial charge in [-0.3, -0.25) is 0 Å². The van der Waals surface area contributed by atoms with E-state index in [1.165, 1.54) is 0 Å². The fourth-order valence-corrected chi connectivity index (χ4v) is 1.83. The molecule has 0 atom stereocenters. The molecule has 2 N–H and O–H groups in total. The second-order valence-corrected chi connectivity index (χ2v) is 4.34. The summed E-state index contributed by atoms with van der Waals surface area (Å²) in [6.07, 6.45) is 1.59. The van der Waals surface area contributed by atoms with Crippen molar-refractivity contribution in [3.63, 3.8) is 0 Å². The lowest BCUT2D eigenvalue weighted by Gasteiger charge is -2.10. The van der Waals surface area contributed by atoms with E-state index in [1.54, 1.807) is 36.5 Å². The lowest BCUT2D eigenvalue weighted by molar-refractivity contribution is 0.303. The molecule has 1 aromatic carbocycles. The molecule has 2 aromatic rings. The molecule has 19 heavy (non-hydrogen) atoms. The SMILES string of the molecule is N#Cc1cc(COc2ccc(Cl)cc2CN)ccn1. The Bertz CT molecular complexity index is 622. The molecule has 0 amide bonds. The molecule has 0 spiro atoms. The molecule has 0 fully saturated rings. The fraction of sp³-hybridized carbons (Fsp3) is 0.143. The van der Waals surface area contributed by atoms with Crippen molar-refractivity contribution in [3.8, 4) is 11.8 Å². The fourth-order valence-electron chi connectivity index (χ4n) is 1.63. The van der Waals surface area contributed by atoms with Crippen molar-refractivity contribution in [2.45, 2.75) is 13.2 Å². The van der Waals surface area contributed by atoms with Gasteiger partial charge in [-0.05, 0) is 35.9 Å². The van der Waals surface area contributed by atoms with Gasteiger partial charge in [-0.15, -0.1) is 0 Å². The first-order valence-corrected chi connectivity index (χ1v) is 6.07. The number of hydrogen-bond acceptors (Lipinski definition) is 4. The normalized spacial score (nSPS) is 9.95. The van der Waals surface area contributed by atoms with Crippen molar-refractivity contribution in [2.75, 3.05) is 0 Å². The highest BCUT2D eigenvalue weighted by molar-refractivity contribution is 6.30. The number of pyridine rings is 1. The summed E-state index contributed by atoms with van der Waals surface area (Å²) in [5.74, 6) is 0.696. The van der Waals surface area contributed by atoms with E-state index < -0.39 is 0 Å². The van der Waals surface area contributed by atoms with Gasteiger partial charge in [-0.25, -0.2) is 4.98 Å². The van der Waals surface area contributed by atoms with E-state index >= 15 is 0 Å². The van der Waals surface area contributed by atoms with Crippen LogP contribution in [0, 0.1) is 11.3 Å². The predicted octanol–water partition coefficient (Wildman–Crippen LogP) is 2.64. The number of ether oxygens (including phenoxy) is 1. The third-order valence-corrected chi connectivity index (χ3v) is 2.81. The first kappa shape index (κ1) is 13.3. The Morgan fingerprint density at radius 2 is 2.16 bits per heavy atom. The van der Waals surface area contributed by atoms with E-state index in [0.29, 0.717) is 29.6 Å². The molecule has 2 rings (SSSR count). The van der Waals surface area contributed by atoms with Crippen LogP contribution in [-0.4, -0.2) is 4.98 Å². The number of hydrogen-bond donors (Lipinski definition) is 1. The number of rotatable bonds is 4. The van der Waals surface area contributed by atoms with Gasteiger partial charge in [-0.2, -0.15) is 5.26 Å². The van der Waals surface area contributed by atoms with Crippen molar-refractivity contribution < 1.29 is 4.74 Å². The lowest BCUT2D eigenvalue weighted by atomic mass is 10.2. The number of nitrogens with zero attached hydrogens (tertiary/aromatic N) is 2. The van der Waals surface area contributed by atoms with Crippen LogP contribution in [0.4, 0.5) is 0 Å². The monoisotopic (exact) mass is 273 g/mol. The third-order valence-electron chi connectivity index (χ3n) is 2.58. The van der Waals surface area contributed by atoms with Gasteiger partial charge >= 0.3 is 0 Å². The zero-order valence-electron chi connectivity index (χ0n) is 10.1. The van der Waals surface area contributed by atoms with Gasteiger partial charge in [0, 0.05) is 23.3 Å². The average Bonchev–Trinajstić information content (AvgIpc) is 2.46. The molecule has 0 aliphatic rings. The van der Waals surface area contributed by atoms with Crippen LogP contribution in [0.25, 0.3) is 0 Å². The Morgan fingerprint density at radius 3 is 2.89 bits per heavy atom. The van der Waals surface area contributed by atoms with Crippen LogP contribution in [0.3, 0.4) is 0 Å². The maximum Gasteiger partial charge on any atom is 0.140 e. The minimum atomic E-state index is 0.353. The van der Waals surface area contributed by atoms with Crippen LogP contribution < -0.4 is 10.5 Å². The van der Waals surface area contributed by atoms with Crippen LogP contribution in [-0.2, 0) is 13.2 Å². The quantitative estimate of drug-likeness (QED) is 0.929. The van der Waals surface area contributed by atoms with Crippen molar-refractivity contribution in [2.24, 2.45) is 5.73 Å². The first-order chi connectivity index (χ1) is 9.22. The third kappa shape index (κ3) is 3.44. The molecule has 1 aromatic heterocycles. The number of halogens is 1. The van der Waals surface area contributed by atoms with E-state index in [-0.39, 0.29) is 0 Å². The Morgan fingerprint density at radius 1 is 1.32 bits per heavy atom. The van der Waals surface area contributed by atoms with E-state index in [1.807, 2.05) is 6.07 Å². The maximum atomic E-state index is 8.78. The summed E-state index contributed by atoms with van der Waals surface area (Å²) in [7, 11) is 0. The molecule has 0 unspecified atom stereocenters. The second kappa shape index (κ2) is 6.19. The van der Waals surface area contributed by atoms with Crippen LogP contribution in [0.15, 0.2) is 36.5 Å². The average molecular weight is 274 g/mol. The van der Waals surface area contributed by atoms with Crippen LogP contribution in [0.5, 0.6) is 5.75 Å². The summed E-state index contributed by atoms with van der Waals surface area (Å²) < 4.78 is 5.69. The predicted molar refractivity (Wildman–Crippen MR) is 72.6 cm³/mol. The number of nitrogens with two attached hydrogens (primary N) is 1. The van der Waals surface area contributed by atoms with Crippen molar-refractivity contribution in [1.29, 1.82) is 5.26 Å². The highest BCUT2D eigenvalue weighted by atomic mass is 35.5. The van der Waals surface area contributed by atoms with E-state index in [9.17, 15) is 0 Å². The lowest BCUT2D eigenvalue weighted by Crippen LogP contribution is -2.03. The van der Waals surface area contributed by atoms with Crippen LogP contribution in [0.2, 0.25) is 5.02 Å². The number of nitriles is 1. The van der Waals surface area contributed by atoms with Crippen LogP contribution in [0.1, 0.15) is 16.8 Å². The topological polar surface area (TPSA) is 71.9 Å². The van der Waals surface area contributed by atoms with Crippen LogP contribution >= 0.6 is 11.6 Å². The first-order valence-electron chi connectivity index (χ1n) is 5.69. The Hall–Kier alpha value is -2.09. The molecule has 5 heteroatoms. The summed E-state index contributed by atoms with van der Waals surface area (Å²) in [5.41, 5.74) is 7.74. The summed E-state index contributed by atoms with van der Waals surface area (Å²) in [6, 6.07) is 10.8. The molecule has 0 bridgehead atoms. The summed E-state index contributed by atoms with van der Waals surface area (Å²) in [5, 5.41) is 9.40. The van der Waals surface area contributed by atoms with Gasteiger partial charge in [0.05, 0.1) is 0 Å². The molecule has 0 aliphatic heterocycles. The van der Waals surface area contributed by atoms with E-state index in [4.69, 9.17) is 27.3 Å². The summed E-state index contributed by atoms with van der Waals surface area (Å²) in [4.78, 5) is 3.90. The van der Waals surface area contributed by atoms with Crippen molar-refractivity contribution in [1.82, 2.24) is 4.98 Å². The number of benzene rings is 1. The highest BCUT2D eigenvalue weighted by Crippen LogP contribution is 2.23. The van der Waals surface area contributed by atoms with E-state index in [2.05, 4.69) is 4.98 Å². The molecular formula is C14H12ClN3O. The van der Waals surface area contributed by atoms with E-state index in [0.717, 1.165) is 11.1 Å². The van der Waals surface area contributed by atoms with Crippen molar-refractivity contribution in [3.05, 3.63) is 58.4 Å². The molecule has 0 saturated heterocycles. The zero-order chi connectivity index (χ0) is 13.7. The van der Waals surface area contributed by atoms with Gasteiger partial charge in [0.15, 0.2) is 0 Å². The smallest absolute Gasteiger partial charge is 0.140 e. The Kier molecular flexibility index (Phi) is 4.35. The molecule has 0 saturated carbocycles. The molecular weight excluding hydrogens is 262 g/mol. The summed E-state index contributed by atoms with van der Waals surface area (Å²) in [6.45, 7) is 0.710. The largest absolute Gasteiger partial charge is 0.489 e. The standard InChI is InChI=1S/C14H12ClN3O/c15-12-1-2-14(11(6-12)7-16)19-9-10-3-4-18-13(5-10)8-17/h1-6H,7,9,16H2. The van der Waals surface area contributed by atoms with Gasteiger partial charge < -0.3 is 10.5 Å². The Labute approximate surface area is 116 Å². The minimum Gasteiger partial charge on any atom is -0.489 e. The maximum absolute atomic E-state index is 8.78. The molecule has 4 nitrogen and oxygen atoms in total. The Balaban J connectivity index is 2.12. The molecule has 96 valence electrons. The highest BCUT2D eigenvalue weighted by Gasteiger charge is 2.04. The van der Waals surface area contributed by atoms with Crippen molar-refractivity contribution >= 4 is 11.6 Å². The van der Waals surface area contributed by atoms with Gasteiger partial charge in [0.25, 0.3) is 0 Å². The van der Waals surface area contributed by atoms with Gasteiger partial charge in [-0.1, -0.05) is 11.6 Å². The molecule has 1 heterocycles.